The minimum atomic E-state index is 0.471. The van der Waals surface area contributed by atoms with Crippen molar-refractivity contribution in [2.75, 3.05) is 6.54 Å². The van der Waals surface area contributed by atoms with Gasteiger partial charge in [0.25, 0.3) is 0 Å². The number of rotatable bonds is 5. The van der Waals surface area contributed by atoms with Gasteiger partial charge in [0.1, 0.15) is 5.65 Å². The summed E-state index contributed by atoms with van der Waals surface area (Å²) in [6.45, 7) is 1.59. The van der Waals surface area contributed by atoms with Gasteiger partial charge in [-0.05, 0) is 31.4 Å². The molecule has 1 aliphatic rings. The van der Waals surface area contributed by atoms with Crippen molar-refractivity contribution in [3.05, 3.63) is 29.4 Å². The highest BCUT2D eigenvalue weighted by Crippen LogP contribution is 2.31. The highest BCUT2D eigenvalue weighted by molar-refractivity contribution is 6.37. The molecule has 0 amide bonds. The second-order valence-corrected chi connectivity index (χ2v) is 5.69. The number of fused-ring (bicyclic) bond motifs is 1. The van der Waals surface area contributed by atoms with E-state index in [1.54, 1.807) is 12.4 Å². The van der Waals surface area contributed by atoms with Gasteiger partial charge in [-0.3, -0.25) is 0 Å². The zero-order valence-corrected chi connectivity index (χ0v) is 12.0. The maximum atomic E-state index is 6.38. The third-order valence-corrected chi connectivity index (χ3v) is 4.04. The Labute approximate surface area is 125 Å². The molecule has 3 aromatic rings. The van der Waals surface area contributed by atoms with Crippen LogP contribution in [0.25, 0.3) is 22.4 Å². The van der Waals surface area contributed by atoms with Crippen LogP contribution < -0.4 is 5.32 Å². The lowest BCUT2D eigenvalue weighted by atomic mass is 10.2. The molecule has 0 spiro atoms. The number of hydrogen-bond donors (Lipinski definition) is 2. The molecule has 21 heavy (non-hydrogen) atoms. The highest BCUT2D eigenvalue weighted by atomic mass is 35.5. The van der Waals surface area contributed by atoms with Gasteiger partial charge in [0.15, 0.2) is 0 Å². The van der Waals surface area contributed by atoms with E-state index in [4.69, 9.17) is 16.1 Å². The van der Waals surface area contributed by atoms with Crippen LogP contribution in [0.3, 0.4) is 0 Å². The predicted molar refractivity (Wildman–Crippen MR) is 78.8 cm³/mol. The Hall–Kier alpha value is -1.92. The number of hydrogen-bond acceptors (Lipinski definition) is 5. The topological polar surface area (TPSA) is 79.6 Å². The van der Waals surface area contributed by atoms with Crippen molar-refractivity contribution >= 4 is 22.6 Å². The standard InChI is InChI=1S/C14H14ClN5O/c15-12-9-3-4-17-13(9)18-6-10(12)14-19-11(21-20-14)7-16-5-8-1-2-8/h3-4,6,8,16H,1-2,5,7H2,(H,17,18). The Morgan fingerprint density at radius 1 is 1.43 bits per heavy atom. The van der Waals surface area contributed by atoms with Crippen LogP contribution in [-0.4, -0.2) is 26.7 Å². The van der Waals surface area contributed by atoms with Gasteiger partial charge in [-0.1, -0.05) is 16.8 Å². The molecule has 0 aliphatic heterocycles. The average molecular weight is 304 g/mol. The number of aromatic nitrogens is 4. The second-order valence-electron chi connectivity index (χ2n) is 5.31. The Balaban J connectivity index is 1.56. The summed E-state index contributed by atoms with van der Waals surface area (Å²) < 4.78 is 5.25. The first-order chi connectivity index (χ1) is 10.3. The van der Waals surface area contributed by atoms with Crippen LogP contribution in [0.15, 0.2) is 23.0 Å². The molecule has 0 unspecified atom stereocenters. The molecule has 0 aromatic carbocycles. The molecule has 1 fully saturated rings. The van der Waals surface area contributed by atoms with E-state index < -0.39 is 0 Å². The number of nitrogens with one attached hydrogen (secondary N) is 2. The zero-order valence-electron chi connectivity index (χ0n) is 11.3. The van der Waals surface area contributed by atoms with Gasteiger partial charge in [0.05, 0.1) is 17.1 Å². The van der Waals surface area contributed by atoms with Crippen LogP contribution in [0.1, 0.15) is 18.7 Å². The number of pyridine rings is 1. The van der Waals surface area contributed by atoms with E-state index in [9.17, 15) is 0 Å². The summed E-state index contributed by atoms with van der Waals surface area (Å²) in [5.74, 6) is 1.86. The number of aromatic amines is 1. The minimum Gasteiger partial charge on any atom is -0.346 e. The smallest absolute Gasteiger partial charge is 0.240 e. The normalized spacial score (nSPS) is 14.9. The summed E-state index contributed by atoms with van der Waals surface area (Å²) in [7, 11) is 0. The van der Waals surface area contributed by atoms with Gasteiger partial charge in [-0.2, -0.15) is 4.98 Å². The van der Waals surface area contributed by atoms with Gasteiger partial charge in [-0.25, -0.2) is 4.98 Å². The van der Waals surface area contributed by atoms with Crippen LogP contribution in [0.5, 0.6) is 0 Å². The van der Waals surface area contributed by atoms with E-state index in [1.165, 1.54) is 12.8 Å². The molecule has 0 radical (unpaired) electrons. The van der Waals surface area contributed by atoms with Crippen LogP contribution >= 0.6 is 11.6 Å². The Bertz CT molecular complexity index is 777. The van der Waals surface area contributed by atoms with Crippen molar-refractivity contribution in [3.63, 3.8) is 0 Å². The Morgan fingerprint density at radius 2 is 2.33 bits per heavy atom. The van der Waals surface area contributed by atoms with E-state index in [-0.39, 0.29) is 0 Å². The van der Waals surface area contributed by atoms with Crippen LogP contribution in [0, 0.1) is 5.92 Å². The molecule has 0 saturated heterocycles. The van der Waals surface area contributed by atoms with Crippen molar-refractivity contribution in [1.82, 2.24) is 25.4 Å². The minimum absolute atomic E-state index is 0.471. The summed E-state index contributed by atoms with van der Waals surface area (Å²) in [6, 6.07) is 1.88. The summed E-state index contributed by atoms with van der Waals surface area (Å²) >= 11 is 6.38. The van der Waals surface area contributed by atoms with Gasteiger partial charge in [0, 0.05) is 17.8 Å². The van der Waals surface area contributed by atoms with E-state index in [0.717, 1.165) is 23.5 Å². The van der Waals surface area contributed by atoms with Crippen LogP contribution in [-0.2, 0) is 6.54 Å². The monoisotopic (exact) mass is 303 g/mol. The van der Waals surface area contributed by atoms with Gasteiger partial charge >= 0.3 is 0 Å². The lowest BCUT2D eigenvalue weighted by molar-refractivity contribution is 0.367. The maximum absolute atomic E-state index is 6.38. The molecular formula is C14H14ClN5O. The van der Waals surface area contributed by atoms with Crippen molar-refractivity contribution < 1.29 is 4.52 Å². The quantitative estimate of drug-likeness (QED) is 0.757. The average Bonchev–Trinajstić information content (AvgIpc) is 3.00. The molecule has 0 atom stereocenters. The van der Waals surface area contributed by atoms with Crippen molar-refractivity contribution in [3.8, 4) is 11.4 Å². The van der Waals surface area contributed by atoms with Gasteiger partial charge in [-0.15, -0.1) is 0 Å². The van der Waals surface area contributed by atoms with Gasteiger partial charge in [0.2, 0.25) is 11.7 Å². The molecule has 0 bridgehead atoms. The number of H-pyrrole nitrogens is 1. The molecule has 3 aromatic heterocycles. The molecule has 2 N–H and O–H groups in total. The summed E-state index contributed by atoms with van der Waals surface area (Å²) in [5, 5.41) is 8.75. The largest absolute Gasteiger partial charge is 0.346 e. The molecule has 4 rings (SSSR count). The van der Waals surface area contributed by atoms with Crippen molar-refractivity contribution in [2.45, 2.75) is 19.4 Å². The molecular weight excluding hydrogens is 290 g/mol. The van der Waals surface area contributed by atoms with E-state index in [0.29, 0.717) is 28.8 Å². The third-order valence-electron chi connectivity index (χ3n) is 3.64. The first-order valence-electron chi connectivity index (χ1n) is 6.96. The lowest BCUT2D eigenvalue weighted by Crippen LogP contribution is -2.16. The first kappa shape index (κ1) is 12.8. The second kappa shape index (κ2) is 5.13. The summed E-state index contributed by atoms with van der Waals surface area (Å²) in [5.41, 5.74) is 1.43. The number of halogens is 1. The highest BCUT2D eigenvalue weighted by Gasteiger charge is 2.21. The van der Waals surface area contributed by atoms with Crippen LogP contribution in [0.2, 0.25) is 5.02 Å². The van der Waals surface area contributed by atoms with E-state index in [1.807, 2.05) is 6.07 Å². The SMILES string of the molecule is Clc1c(-c2noc(CNCC3CC3)n2)cnc2[nH]ccc12. The fourth-order valence-electron chi connectivity index (χ4n) is 2.27. The van der Waals surface area contributed by atoms with E-state index >= 15 is 0 Å². The maximum Gasteiger partial charge on any atom is 0.240 e. The molecule has 1 aliphatic carbocycles. The Morgan fingerprint density at radius 3 is 3.19 bits per heavy atom. The van der Waals surface area contributed by atoms with Crippen molar-refractivity contribution in [2.24, 2.45) is 5.92 Å². The molecule has 108 valence electrons. The summed E-state index contributed by atoms with van der Waals surface area (Å²) in [4.78, 5) is 11.7. The van der Waals surface area contributed by atoms with E-state index in [2.05, 4.69) is 25.4 Å². The lowest BCUT2D eigenvalue weighted by Gasteiger charge is -1.99. The molecule has 6 nitrogen and oxygen atoms in total. The predicted octanol–water partition coefficient (Wildman–Crippen LogP) is 2.77. The fraction of sp³-hybridized carbons (Fsp3) is 0.357. The molecule has 3 heterocycles. The zero-order chi connectivity index (χ0) is 14.2. The van der Waals surface area contributed by atoms with Gasteiger partial charge < -0.3 is 14.8 Å². The number of nitrogens with zero attached hydrogens (tertiary/aromatic N) is 3. The third kappa shape index (κ3) is 2.52. The van der Waals surface area contributed by atoms with Crippen LogP contribution in [0.4, 0.5) is 0 Å². The first-order valence-corrected chi connectivity index (χ1v) is 7.34. The fourth-order valence-corrected chi connectivity index (χ4v) is 2.56. The summed E-state index contributed by atoms with van der Waals surface area (Å²) in [6.07, 6.45) is 6.10. The van der Waals surface area contributed by atoms with Crippen molar-refractivity contribution in [1.29, 1.82) is 0 Å². The molecule has 1 saturated carbocycles. The Kier molecular flexibility index (Phi) is 3.12. The molecule has 7 heteroatoms.